The molecule has 4 rings (SSSR count). The monoisotopic (exact) mass is 399 g/mol. The second kappa shape index (κ2) is 8.88. The average molecular weight is 399 g/mol. The molecule has 1 heterocycles. The molecule has 0 saturated heterocycles. The first-order chi connectivity index (χ1) is 14.7. The number of ether oxygens (including phenoxy) is 1. The van der Waals surface area contributed by atoms with E-state index in [-0.39, 0.29) is 12.4 Å². The number of nitrogens with zero attached hydrogens (tertiary/aromatic N) is 5. The first kappa shape index (κ1) is 19.2. The van der Waals surface area contributed by atoms with Gasteiger partial charge in [0.2, 0.25) is 0 Å². The fourth-order valence-electron chi connectivity index (χ4n) is 3.00. The third-order valence-electron chi connectivity index (χ3n) is 4.54. The zero-order valence-corrected chi connectivity index (χ0v) is 16.0. The first-order valence-electron chi connectivity index (χ1n) is 9.31. The van der Waals surface area contributed by atoms with Gasteiger partial charge in [-0.2, -0.15) is 5.26 Å². The minimum Gasteiger partial charge on any atom is -0.486 e. The number of rotatable bonds is 7. The first-order valence-corrected chi connectivity index (χ1v) is 9.31. The van der Waals surface area contributed by atoms with Gasteiger partial charge in [-0.3, -0.25) is 5.01 Å². The number of benzene rings is 3. The number of nitriles is 1. The van der Waals surface area contributed by atoms with Gasteiger partial charge in [0, 0.05) is 0 Å². The normalized spacial score (nSPS) is 10.4. The van der Waals surface area contributed by atoms with Crippen LogP contribution in [0.2, 0.25) is 0 Å². The molecule has 0 N–H and O–H groups in total. The Morgan fingerprint density at radius 1 is 0.933 bits per heavy atom. The van der Waals surface area contributed by atoms with Crippen LogP contribution in [0.5, 0.6) is 5.75 Å². The SMILES string of the molecule is N#Cc1ccc(N(Cc2ccc(F)c(OCc3ccccc3)c2)n2cnnc2)cc1. The van der Waals surface area contributed by atoms with Crippen LogP contribution < -0.4 is 9.75 Å². The van der Waals surface area contributed by atoms with Crippen molar-refractivity contribution >= 4 is 5.69 Å². The molecule has 3 aromatic carbocycles. The maximum absolute atomic E-state index is 14.3. The van der Waals surface area contributed by atoms with Crippen molar-refractivity contribution in [2.75, 3.05) is 5.01 Å². The lowest BCUT2D eigenvalue weighted by atomic mass is 10.1. The van der Waals surface area contributed by atoms with Crippen LogP contribution in [0.15, 0.2) is 85.5 Å². The predicted molar refractivity (Wildman–Crippen MR) is 110 cm³/mol. The van der Waals surface area contributed by atoms with Gasteiger partial charge in [0.1, 0.15) is 19.3 Å². The summed E-state index contributed by atoms with van der Waals surface area (Å²) in [5, 5.41) is 18.7. The van der Waals surface area contributed by atoms with Crippen LogP contribution in [0.1, 0.15) is 16.7 Å². The van der Waals surface area contributed by atoms with Gasteiger partial charge in [-0.15, -0.1) is 10.2 Å². The molecule has 30 heavy (non-hydrogen) atoms. The maximum Gasteiger partial charge on any atom is 0.165 e. The van der Waals surface area contributed by atoms with Gasteiger partial charge in [0.05, 0.1) is 23.9 Å². The third-order valence-corrected chi connectivity index (χ3v) is 4.54. The number of anilines is 1. The van der Waals surface area contributed by atoms with Crippen molar-refractivity contribution in [3.05, 3.63) is 108 Å². The summed E-state index contributed by atoms with van der Waals surface area (Å²) in [5.74, 6) is -0.219. The Morgan fingerprint density at radius 2 is 1.67 bits per heavy atom. The molecule has 0 bridgehead atoms. The van der Waals surface area contributed by atoms with Gasteiger partial charge in [-0.1, -0.05) is 36.4 Å². The molecule has 1 aromatic heterocycles. The van der Waals surface area contributed by atoms with Crippen LogP contribution in [0.4, 0.5) is 10.1 Å². The highest BCUT2D eigenvalue weighted by molar-refractivity contribution is 5.50. The van der Waals surface area contributed by atoms with E-state index in [9.17, 15) is 4.39 Å². The van der Waals surface area contributed by atoms with E-state index in [4.69, 9.17) is 10.00 Å². The molecule has 0 atom stereocenters. The third kappa shape index (κ3) is 4.45. The molecule has 0 spiro atoms. The summed E-state index contributed by atoms with van der Waals surface area (Å²) in [4.78, 5) is 0. The van der Waals surface area contributed by atoms with E-state index in [0.717, 1.165) is 16.8 Å². The molecule has 0 aliphatic heterocycles. The molecular weight excluding hydrogens is 381 g/mol. The van der Waals surface area contributed by atoms with Crippen LogP contribution >= 0.6 is 0 Å². The Labute approximate surface area is 173 Å². The molecule has 0 aliphatic carbocycles. The summed E-state index contributed by atoms with van der Waals surface area (Å²) in [6.45, 7) is 0.706. The lowest BCUT2D eigenvalue weighted by molar-refractivity contribution is 0.290. The van der Waals surface area contributed by atoms with Crippen molar-refractivity contribution < 1.29 is 9.13 Å². The van der Waals surface area contributed by atoms with Crippen molar-refractivity contribution in [2.24, 2.45) is 0 Å². The predicted octanol–water partition coefficient (Wildman–Crippen LogP) is 4.34. The molecule has 148 valence electrons. The number of aromatic nitrogens is 3. The Balaban J connectivity index is 1.57. The topological polar surface area (TPSA) is 67.0 Å². The van der Waals surface area contributed by atoms with Gasteiger partial charge in [0.25, 0.3) is 0 Å². The summed E-state index contributed by atoms with van der Waals surface area (Å²) in [6.07, 6.45) is 3.16. The fraction of sp³-hybridized carbons (Fsp3) is 0.0870. The smallest absolute Gasteiger partial charge is 0.165 e. The summed E-state index contributed by atoms with van der Waals surface area (Å²) in [5.41, 5.74) is 3.22. The molecule has 0 amide bonds. The Kier molecular flexibility index (Phi) is 5.67. The van der Waals surface area contributed by atoms with Crippen LogP contribution in [-0.2, 0) is 13.2 Å². The minimum absolute atomic E-state index is 0.194. The van der Waals surface area contributed by atoms with E-state index < -0.39 is 5.82 Å². The molecule has 4 aromatic rings. The lowest BCUT2D eigenvalue weighted by Crippen LogP contribution is -2.27. The van der Waals surface area contributed by atoms with Crippen LogP contribution in [0.3, 0.4) is 0 Å². The number of hydrogen-bond donors (Lipinski definition) is 0. The number of hydrogen-bond acceptors (Lipinski definition) is 5. The molecule has 6 nitrogen and oxygen atoms in total. The highest BCUT2D eigenvalue weighted by Crippen LogP contribution is 2.24. The summed E-state index contributed by atoms with van der Waals surface area (Å²) < 4.78 is 21.7. The van der Waals surface area contributed by atoms with Crippen molar-refractivity contribution in [3.8, 4) is 11.8 Å². The molecule has 0 unspecified atom stereocenters. The zero-order valence-electron chi connectivity index (χ0n) is 16.0. The van der Waals surface area contributed by atoms with Gasteiger partial charge < -0.3 is 4.74 Å². The quantitative estimate of drug-likeness (QED) is 0.463. The van der Waals surface area contributed by atoms with Crippen LogP contribution in [0, 0.1) is 17.1 Å². The van der Waals surface area contributed by atoms with E-state index in [0.29, 0.717) is 12.1 Å². The van der Waals surface area contributed by atoms with Gasteiger partial charge in [-0.05, 0) is 47.5 Å². The largest absolute Gasteiger partial charge is 0.486 e. The van der Waals surface area contributed by atoms with Gasteiger partial charge in [-0.25, -0.2) is 9.07 Å². The van der Waals surface area contributed by atoms with E-state index >= 15 is 0 Å². The highest BCUT2D eigenvalue weighted by Gasteiger charge is 2.13. The average Bonchev–Trinajstić information content (AvgIpc) is 3.33. The van der Waals surface area contributed by atoms with E-state index in [1.165, 1.54) is 6.07 Å². The van der Waals surface area contributed by atoms with Crippen molar-refractivity contribution in [1.82, 2.24) is 14.9 Å². The summed E-state index contributed by atoms with van der Waals surface area (Å²) in [6, 6.07) is 23.7. The van der Waals surface area contributed by atoms with Crippen molar-refractivity contribution in [1.29, 1.82) is 5.26 Å². The van der Waals surface area contributed by atoms with Gasteiger partial charge >= 0.3 is 0 Å². The van der Waals surface area contributed by atoms with Crippen molar-refractivity contribution in [3.63, 3.8) is 0 Å². The zero-order chi connectivity index (χ0) is 20.8. The Hall–Kier alpha value is -4.18. The fourth-order valence-corrected chi connectivity index (χ4v) is 3.00. The second-order valence-electron chi connectivity index (χ2n) is 6.60. The van der Waals surface area contributed by atoms with Crippen LogP contribution in [0.25, 0.3) is 0 Å². The van der Waals surface area contributed by atoms with Gasteiger partial charge in [0.15, 0.2) is 11.6 Å². The molecule has 0 fully saturated rings. The van der Waals surface area contributed by atoms with E-state index in [1.54, 1.807) is 41.6 Å². The Bertz CT molecular complexity index is 1140. The van der Waals surface area contributed by atoms with E-state index in [1.807, 2.05) is 47.5 Å². The maximum atomic E-state index is 14.3. The minimum atomic E-state index is -0.413. The molecule has 0 aliphatic rings. The van der Waals surface area contributed by atoms with Crippen molar-refractivity contribution in [2.45, 2.75) is 13.2 Å². The summed E-state index contributed by atoms with van der Waals surface area (Å²) in [7, 11) is 0. The molecule has 0 radical (unpaired) electrons. The standard InChI is InChI=1S/C23H18FN5O/c24-22-11-8-20(12-23(22)30-15-19-4-2-1-3-5-19)14-29(28-16-26-27-17-28)21-9-6-18(13-25)7-10-21/h1-12,16-17H,14-15H2. The summed E-state index contributed by atoms with van der Waals surface area (Å²) >= 11 is 0. The second-order valence-corrected chi connectivity index (χ2v) is 6.60. The Morgan fingerprint density at radius 3 is 2.37 bits per heavy atom. The van der Waals surface area contributed by atoms with E-state index in [2.05, 4.69) is 16.3 Å². The molecular formula is C23H18FN5O. The molecule has 7 heteroatoms. The lowest BCUT2D eigenvalue weighted by Gasteiger charge is -2.25. The molecule has 0 saturated carbocycles. The number of halogens is 1. The highest BCUT2D eigenvalue weighted by atomic mass is 19.1. The van der Waals surface area contributed by atoms with Crippen LogP contribution in [-0.4, -0.2) is 14.9 Å².